The maximum absolute atomic E-state index is 11.5. The Morgan fingerprint density at radius 2 is 1.91 bits per heavy atom. The van der Waals surface area contributed by atoms with Crippen molar-refractivity contribution >= 4 is 39.2 Å². The van der Waals surface area contributed by atoms with Gasteiger partial charge in [-0.25, -0.2) is 13.6 Å². The molecular formula is C15H16ClN3O3S. The Labute approximate surface area is 139 Å². The molecule has 0 fully saturated rings. The third-order valence-corrected chi connectivity index (χ3v) is 4.24. The van der Waals surface area contributed by atoms with Gasteiger partial charge in [-0.1, -0.05) is 11.6 Å². The van der Waals surface area contributed by atoms with Gasteiger partial charge in [0.15, 0.2) is 0 Å². The molecule has 0 radical (unpaired) electrons. The molecular weight excluding hydrogens is 338 g/mol. The minimum atomic E-state index is -3.83. The van der Waals surface area contributed by atoms with Crippen LogP contribution in [0.15, 0.2) is 46.3 Å². The minimum Gasteiger partial charge on any atom is -0.507 e. The molecule has 0 atom stereocenters. The number of rotatable bonds is 4. The van der Waals surface area contributed by atoms with E-state index in [1.54, 1.807) is 23.1 Å². The van der Waals surface area contributed by atoms with Crippen LogP contribution in [0.5, 0.6) is 5.75 Å². The average molecular weight is 354 g/mol. The number of phenols is 1. The smallest absolute Gasteiger partial charge is 0.238 e. The summed E-state index contributed by atoms with van der Waals surface area (Å²) in [7, 11) is -0.214. The van der Waals surface area contributed by atoms with Crippen molar-refractivity contribution in [1.29, 1.82) is 0 Å². The van der Waals surface area contributed by atoms with Gasteiger partial charge in [0.05, 0.1) is 16.3 Å². The standard InChI is InChI=1S/C15H16ClN3O3S/c1-19(2)14-5-4-12(23(17,21)22)8-13(14)18-9-10-7-11(16)3-6-15(10)20/h3-9,20H,1-2H3,(H2,17,21,22). The van der Waals surface area contributed by atoms with Gasteiger partial charge in [-0.3, -0.25) is 4.99 Å². The molecule has 8 heteroatoms. The van der Waals surface area contributed by atoms with Crippen molar-refractivity contribution in [2.24, 2.45) is 10.1 Å². The molecule has 0 heterocycles. The number of hydrogen-bond acceptors (Lipinski definition) is 5. The van der Waals surface area contributed by atoms with Crippen LogP contribution in [0.25, 0.3) is 0 Å². The molecule has 0 aliphatic heterocycles. The maximum Gasteiger partial charge on any atom is 0.238 e. The summed E-state index contributed by atoms with van der Waals surface area (Å²) in [6.07, 6.45) is 1.41. The van der Waals surface area contributed by atoms with Gasteiger partial charge < -0.3 is 10.0 Å². The van der Waals surface area contributed by atoms with E-state index in [4.69, 9.17) is 16.7 Å². The SMILES string of the molecule is CN(C)c1ccc(S(N)(=O)=O)cc1N=Cc1cc(Cl)ccc1O. The van der Waals surface area contributed by atoms with E-state index < -0.39 is 10.0 Å². The Morgan fingerprint density at radius 3 is 2.52 bits per heavy atom. The lowest BCUT2D eigenvalue weighted by Gasteiger charge is -2.15. The van der Waals surface area contributed by atoms with Gasteiger partial charge in [-0.15, -0.1) is 0 Å². The van der Waals surface area contributed by atoms with Crippen LogP contribution >= 0.6 is 11.6 Å². The molecule has 0 aliphatic rings. The van der Waals surface area contributed by atoms with Gasteiger partial charge in [0.2, 0.25) is 10.0 Å². The van der Waals surface area contributed by atoms with Crippen molar-refractivity contribution in [1.82, 2.24) is 0 Å². The predicted octanol–water partition coefficient (Wildman–Crippen LogP) is 2.51. The lowest BCUT2D eigenvalue weighted by molar-refractivity contribution is 0.474. The zero-order chi connectivity index (χ0) is 17.2. The first-order valence-electron chi connectivity index (χ1n) is 6.55. The van der Waals surface area contributed by atoms with Gasteiger partial charge >= 0.3 is 0 Å². The number of aliphatic imine (C=N–C) groups is 1. The first kappa shape index (κ1) is 17.3. The van der Waals surface area contributed by atoms with Crippen LogP contribution in [-0.2, 0) is 10.0 Å². The van der Waals surface area contributed by atoms with Crippen molar-refractivity contribution < 1.29 is 13.5 Å². The minimum absolute atomic E-state index is 0.0205. The van der Waals surface area contributed by atoms with E-state index in [0.29, 0.717) is 22.0 Å². The largest absolute Gasteiger partial charge is 0.507 e. The number of sulfonamides is 1. The Bertz CT molecular complexity index is 864. The van der Waals surface area contributed by atoms with Gasteiger partial charge in [0.25, 0.3) is 0 Å². The maximum atomic E-state index is 11.5. The molecule has 0 aromatic heterocycles. The summed E-state index contributed by atoms with van der Waals surface area (Å²) < 4.78 is 23.0. The van der Waals surface area contributed by atoms with E-state index in [-0.39, 0.29) is 10.6 Å². The van der Waals surface area contributed by atoms with Crippen LogP contribution in [0, 0.1) is 0 Å². The third kappa shape index (κ3) is 4.22. The number of primary sulfonamides is 1. The van der Waals surface area contributed by atoms with Crippen LogP contribution in [0.4, 0.5) is 11.4 Å². The van der Waals surface area contributed by atoms with Crippen molar-refractivity contribution in [3.05, 3.63) is 47.0 Å². The highest BCUT2D eigenvalue weighted by Gasteiger charge is 2.12. The second-order valence-corrected chi connectivity index (χ2v) is 7.05. The Kier molecular flexibility index (Phi) is 4.93. The summed E-state index contributed by atoms with van der Waals surface area (Å²) in [5, 5.41) is 15.4. The highest BCUT2D eigenvalue weighted by molar-refractivity contribution is 7.89. The van der Waals surface area contributed by atoms with Gasteiger partial charge in [-0.2, -0.15) is 0 Å². The topological polar surface area (TPSA) is 96.0 Å². The number of halogens is 1. The third-order valence-electron chi connectivity index (χ3n) is 3.09. The summed E-state index contributed by atoms with van der Waals surface area (Å²) >= 11 is 5.89. The number of nitrogens with two attached hydrogens (primary N) is 1. The molecule has 2 aromatic carbocycles. The van der Waals surface area contributed by atoms with E-state index in [9.17, 15) is 13.5 Å². The van der Waals surface area contributed by atoms with E-state index in [1.807, 2.05) is 14.1 Å². The number of benzene rings is 2. The molecule has 0 unspecified atom stereocenters. The number of aromatic hydroxyl groups is 1. The lowest BCUT2D eigenvalue weighted by atomic mass is 10.2. The number of anilines is 1. The lowest BCUT2D eigenvalue weighted by Crippen LogP contribution is -2.13. The van der Waals surface area contributed by atoms with Crippen LogP contribution in [0.1, 0.15) is 5.56 Å². The second kappa shape index (κ2) is 6.57. The summed E-state index contributed by atoms with van der Waals surface area (Å²) in [6.45, 7) is 0. The second-order valence-electron chi connectivity index (χ2n) is 5.05. The molecule has 122 valence electrons. The van der Waals surface area contributed by atoms with E-state index in [1.165, 1.54) is 24.4 Å². The van der Waals surface area contributed by atoms with E-state index in [2.05, 4.69) is 4.99 Å². The monoisotopic (exact) mass is 353 g/mol. The number of nitrogens with zero attached hydrogens (tertiary/aromatic N) is 2. The zero-order valence-electron chi connectivity index (χ0n) is 12.6. The molecule has 2 aromatic rings. The fourth-order valence-electron chi connectivity index (χ4n) is 1.93. The van der Waals surface area contributed by atoms with Crippen molar-refractivity contribution in [2.75, 3.05) is 19.0 Å². The Hall–Kier alpha value is -2.09. The molecule has 2 rings (SSSR count). The normalized spacial score (nSPS) is 11.8. The van der Waals surface area contributed by atoms with Gasteiger partial charge in [-0.05, 0) is 36.4 Å². The summed E-state index contributed by atoms with van der Waals surface area (Å²) in [4.78, 5) is 6.02. The van der Waals surface area contributed by atoms with Crippen molar-refractivity contribution in [3.8, 4) is 5.75 Å². The Morgan fingerprint density at radius 1 is 1.22 bits per heavy atom. The predicted molar refractivity (Wildman–Crippen MR) is 92.5 cm³/mol. The fourth-order valence-corrected chi connectivity index (χ4v) is 2.64. The van der Waals surface area contributed by atoms with E-state index in [0.717, 1.165) is 0 Å². The van der Waals surface area contributed by atoms with Crippen LogP contribution in [0.3, 0.4) is 0 Å². The molecule has 0 saturated heterocycles. The molecule has 0 saturated carbocycles. The zero-order valence-corrected chi connectivity index (χ0v) is 14.1. The van der Waals surface area contributed by atoms with Crippen molar-refractivity contribution in [3.63, 3.8) is 0 Å². The van der Waals surface area contributed by atoms with Gasteiger partial charge in [0, 0.05) is 30.9 Å². The van der Waals surface area contributed by atoms with Gasteiger partial charge in [0.1, 0.15) is 5.75 Å². The Balaban J connectivity index is 2.52. The van der Waals surface area contributed by atoms with Crippen molar-refractivity contribution in [2.45, 2.75) is 4.90 Å². The summed E-state index contributed by atoms with van der Waals surface area (Å²) in [5.41, 5.74) is 1.53. The fraction of sp³-hybridized carbons (Fsp3) is 0.133. The van der Waals surface area contributed by atoms with Crippen LogP contribution in [-0.4, -0.2) is 33.8 Å². The van der Waals surface area contributed by atoms with E-state index >= 15 is 0 Å². The first-order chi connectivity index (χ1) is 10.7. The highest BCUT2D eigenvalue weighted by atomic mass is 35.5. The molecule has 0 amide bonds. The summed E-state index contributed by atoms with van der Waals surface area (Å²) in [5.74, 6) is 0.0205. The molecule has 0 spiro atoms. The molecule has 0 aliphatic carbocycles. The molecule has 6 nitrogen and oxygen atoms in total. The summed E-state index contributed by atoms with van der Waals surface area (Å²) in [6, 6.07) is 8.98. The number of hydrogen-bond donors (Lipinski definition) is 2. The molecule has 0 bridgehead atoms. The van der Waals surface area contributed by atoms with Crippen LogP contribution < -0.4 is 10.0 Å². The average Bonchev–Trinajstić information content (AvgIpc) is 2.46. The van der Waals surface area contributed by atoms with Crippen LogP contribution in [0.2, 0.25) is 5.02 Å². The molecule has 23 heavy (non-hydrogen) atoms. The first-order valence-corrected chi connectivity index (χ1v) is 8.47. The molecule has 3 N–H and O–H groups in total. The highest BCUT2D eigenvalue weighted by Crippen LogP contribution is 2.30. The quantitative estimate of drug-likeness (QED) is 0.825. The number of phenolic OH excluding ortho intramolecular Hbond substituents is 1.